The molecule has 0 radical (unpaired) electrons. The van der Waals surface area contributed by atoms with Crippen molar-refractivity contribution in [2.24, 2.45) is 0 Å². The summed E-state index contributed by atoms with van der Waals surface area (Å²) in [6.07, 6.45) is 0. The first kappa shape index (κ1) is 8.75. The molecule has 0 saturated heterocycles. The van der Waals surface area contributed by atoms with Gasteiger partial charge < -0.3 is 10.2 Å². The predicted molar refractivity (Wildman–Crippen MR) is 61.0 cm³/mol. The number of thiol groups is 1. The van der Waals surface area contributed by atoms with Crippen molar-refractivity contribution in [1.82, 2.24) is 0 Å². The van der Waals surface area contributed by atoms with Crippen LogP contribution in [0.3, 0.4) is 0 Å². The van der Waals surface area contributed by atoms with Gasteiger partial charge >= 0.3 is 0 Å². The number of benzene rings is 1. The minimum absolute atomic E-state index is 0.911. The molecule has 0 atom stereocenters. The molecule has 0 fully saturated rings. The van der Waals surface area contributed by atoms with Crippen LogP contribution in [0.1, 0.15) is 0 Å². The smallest absolute Gasteiger partial charge is 0.0602 e. The molecule has 1 aromatic carbocycles. The molecule has 1 aliphatic rings. The van der Waals surface area contributed by atoms with E-state index in [9.17, 15) is 0 Å². The van der Waals surface area contributed by atoms with Gasteiger partial charge in [0.15, 0.2) is 0 Å². The second-order valence-electron chi connectivity index (χ2n) is 3.15. The number of fused-ring (bicyclic) bond motifs is 1. The molecule has 1 heterocycles. The summed E-state index contributed by atoms with van der Waals surface area (Å²) < 4.78 is 0. The number of hydrogen-bond acceptors (Lipinski definition) is 3. The molecule has 13 heavy (non-hydrogen) atoms. The van der Waals surface area contributed by atoms with Crippen LogP contribution in [-0.2, 0) is 0 Å². The molecule has 2 rings (SSSR count). The highest BCUT2D eigenvalue weighted by Gasteiger charge is 2.13. The molecule has 0 unspecified atom stereocenters. The van der Waals surface area contributed by atoms with Gasteiger partial charge in [-0.1, -0.05) is 12.1 Å². The SMILES string of the molecule is SCCN1CCNc2ccccc21. The summed E-state index contributed by atoms with van der Waals surface area (Å²) in [5.74, 6) is 0.911. The van der Waals surface area contributed by atoms with E-state index in [0.717, 1.165) is 25.4 Å². The fraction of sp³-hybridized carbons (Fsp3) is 0.400. The maximum atomic E-state index is 4.26. The zero-order valence-electron chi connectivity index (χ0n) is 7.53. The van der Waals surface area contributed by atoms with Crippen LogP contribution in [0.4, 0.5) is 11.4 Å². The largest absolute Gasteiger partial charge is 0.382 e. The number of para-hydroxylation sites is 2. The molecule has 3 heteroatoms. The molecule has 0 amide bonds. The van der Waals surface area contributed by atoms with E-state index in [1.807, 2.05) is 0 Å². The van der Waals surface area contributed by atoms with Gasteiger partial charge in [0, 0.05) is 25.4 Å². The third-order valence-electron chi connectivity index (χ3n) is 2.31. The second-order valence-corrected chi connectivity index (χ2v) is 3.60. The lowest BCUT2D eigenvalue weighted by atomic mass is 10.2. The maximum Gasteiger partial charge on any atom is 0.0602 e. The van der Waals surface area contributed by atoms with Crippen LogP contribution in [0.5, 0.6) is 0 Å². The van der Waals surface area contributed by atoms with Crippen molar-refractivity contribution in [2.75, 3.05) is 35.6 Å². The van der Waals surface area contributed by atoms with Gasteiger partial charge in [-0.25, -0.2) is 0 Å². The van der Waals surface area contributed by atoms with E-state index >= 15 is 0 Å². The monoisotopic (exact) mass is 194 g/mol. The minimum atomic E-state index is 0.911. The van der Waals surface area contributed by atoms with Gasteiger partial charge in [-0.2, -0.15) is 12.6 Å². The van der Waals surface area contributed by atoms with Crippen molar-refractivity contribution in [2.45, 2.75) is 0 Å². The molecule has 0 saturated carbocycles. The fourth-order valence-electron chi connectivity index (χ4n) is 1.70. The Labute approximate surface area is 84.4 Å². The van der Waals surface area contributed by atoms with Crippen LogP contribution >= 0.6 is 12.6 Å². The molecule has 1 aliphatic heterocycles. The van der Waals surface area contributed by atoms with Crippen LogP contribution in [0, 0.1) is 0 Å². The van der Waals surface area contributed by atoms with Crippen molar-refractivity contribution in [1.29, 1.82) is 0 Å². The number of hydrogen-bond donors (Lipinski definition) is 2. The summed E-state index contributed by atoms with van der Waals surface area (Å²) in [6.45, 7) is 3.14. The van der Waals surface area contributed by atoms with Gasteiger partial charge in [-0.15, -0.1) is 0 Å². The van der Waals surface area contributed by atoms with Crippen molar-refractivity contribution >= 4 is 24.0 Å². The predicted octanol–water partition coefficient (Wildman–Crippen LogP) is 1.85. The summed E-state index contributed by atoms with van der Waals surface area (Å²) in [5.41, 5.74) is 2.55. The molecule has 0 spiro atoms. The van der Waals surface area contributed by atoms with Crippen molar-refractivity contribution in [3.05, 3.63) is 24.3 Å². The second kappa shape index (κ2) is 3.92. The Morgan fingerprint density at radius 2 is 2.23 bits per heavy atom. The molecule has 2 nitrogen and oxygen atoms in total. The third kappa shape index (κ3) is 1.75. The quantitative estimate of drug-likeness (QED) is 0.699. The topological polar surface area (TPSA) is 15.3 Å². The molecule has 70 valence electrons. The lowest BCUT2D eigenvalue weighted by Gasteiger charge is -2.31. The lowest BCUT2D eigenvalue weighted by molar-refractivity contribution is 0.820. The van der Waals surface area contributed by atoms with Crippen LogP contribution in [0.25, 0.3) is 0 Å². The highest BCUT2D eigenvalue weighted by molar-refractivity contribution is 7.80. The first-order valence-corrected chi connectivity index (χ1v) is 5.24. The van der Waals surface area contributed by atoms with Gasteiger partial charge in [-0.3, -0.25) is 0 Å². The molecular formula is C10H14N2S. The van der Waals surface area contributed by atoms with E-state index in [2.05, 4.69) is 47.1 Å². The molecule has 0 bridgehead atoms. The van der Waals surface area contributed by atoms with E-state index in [1.165, 1.54) is 11.4 Å². The van der Waals surface area contributed by atoms with Crippen molar-refractivity contribution in [3.63, 3.8) is 0 Å². The minimum Gasteiger partial charge on any atom is -0.382 e. The van der Waals surface area contributed by atoms with Gasteiger partial charge in [-0.05, 0) is 12.1 Å². The van der Waals surface area contributed by atoms with E-state index in [0.29, 0.717) is 0 Å². The summed E-state index contributed by atoms with van der Waals surface area (Å²) in [4.78, 5) is 2.37. The highest BCUT2D eigenvalue weighted by atomic mass is 32.1. The van der Waals surface area contributed by atoms with E-state index in [-0.39, 0.29) is 0 Å². The zero-order valence-corrected chi connectivity index (χ0v) is 8.43. The van der Waals surface area contributed by atoms with Gasteiger partial charge in [0.05, 0.1) is 11.4 Å². The Balaban J connectivity index is 2.26. The lowest BCUT2D eigenvalue weighted by Crippen LogP contribution is -2.35. The molecular weight excluding hydrogens is 180 g/mol. The molecule has 0 aromatic heterocycles. The average Bonchev–Trinajstić information content (AvgIpc) is 2.19. The standard InChI is InChI=1S/C10H14N2S/c13-8-7-12-6-5-11-9-3-1-2-4-10(9)12/h1-4,11,13H,5-8H2. The van der Waals surface area contributed by atoms with Gasteiger partial charge in [0.25, 0.3) is 0 Å². The van der Waals surface area contributed by atoms with Crippen LogP contribution in [-0.4, -0.2) is 25.4 Å². The normalized spacial score (nSPS) is 15.0. The Bertz CT molecular complexity index is 288. The van der Waals surface area contributed by atoms with Gasteiger partial charge in [0.1, 0.15) is 0 Å². The van der Waals surface area contributed by atoms with Crippen LogP contribution in [0.2, 0.25) is 0 Å². The Hall–Kier alpha value is -0.830. The summed E-state index contributed by atoms with van der Waals surface area (Å²) in [5, 5.41) is 3.38. The number of nitrogens with zero attached hydrogens (tertiary/aromatic N) is 1. The van der Waals surface area contributed by atoms with Gasteiger partial charge in [0.2, 0.25) is 0 Å². The number of anilines is 2. The maximum absolute atomic E-state index is 4.26. The van der Waals surface area contributed by atoms with Crippen molar-refractivity contribution < 1.29 is 0 Å². The first-order chi connectivity index (χ1) is 6.42. The third-order valence-corrected chi connectivity index (χ3v) is 2.51. The summed E-state index contributed by atoms with van der Waals surface area (Å²) in [6, 6.07) is 8.43. The summed E-state index contributed by atoms with van der Waals surface area (Å²) in [7, 11) is 0. The van der Waals surface area contributed by atoms with Crippen LogP contribution < -0.4 is 10.2 Å². The van der Waals surface area contributed by atoms with Crippen molar-refractivity contribution in [3.8, 4) is 0 Å². The number of nitrogens with one attached hydrogen (secondary N) is 1. The molecule has 1 aromatic rings. The molecule has 0 aliphatic carbocycles. The van der Waals surface area contributed by atoms with E-state index in [1.54, 1.807) is 0 Å². The first-order valence-electron chi connectivity index (χ1n) is 4.60. The fourth-order valence-corrected chi connectivity index (χ4v) is 1.94. The molecule has 1 N–H and O–H groups in total. The highest BCUT2D eigenvalue weighted by Crippen LogP contribution is 2.27. The van der Waals surface area contributed by atoms with E-state index < -0.39 is 0 Å². The Morgan fingerprint density at radius 3 is 3.08 bits per heavy atom. The Kier molecular flexibility index (Phi) is 2.64. The van der Waals surface area contributed by atoms with E-state index in [4.69, 9.17) is 0 Å². The van der Waals surface area contributed by atoms with Crippen LogP contribution in [0.15, 0.2) is 24.3 Å². The average molecular weight is 194 g/mol. The summed E-state index contributed by atoms with van der Waals surface area (Å²) >= 11 is 4.26. The zero-order chi connectivity index (χ0) is 9.10. The Morgan fingerprint density at radius 1 is 1.38 bits per heavy atom. The number of rotatable bonds is 2.